The molecule has 0 aliphatic rings. The minimum absolute atomic E-state index is 0.0886. The Hall–Kier alpha value is -2.64. The molecule has 0 radical (unpaired) electrons. The van der Waals surface area contributed by atoms with E-state index in [1.54, 1.807) is 19.1 Å². The van der Waals surface area contributed by atoms with Crippen molar-refractivity contribution in [1.82, 2.24) is 5.43 Å². The predicted molar refractivity (Wildman–Crippen MR) is 85.4 cm³/mol. The van der Waals surface area contributed by atoms with Crippen LogP contribution in [0.4, 0.5) is 4.39 Å². The van der Waals surface area contributed by atoms with Crippen molar-refractivity contribution < 1.29 is 24.1 Å². The van der Waals surface area contributed by atoms with E-state index in [0.29, 0.717) is 11.1 Å². The van der Waals surface area contributed by atoms with Crippen LogP contribution >= 0.6 is 0 Å². The molecule has 0 amide bonds. The Kier molecular flexibility index (Phi) is 5.38. The molecule has 2 rings (SSSR count). The summed E-state index contributed by atoms with van der Waals surface area (Å²) in [6.45, 7) is 1.46. The SMILES string of the molecule is CC(Cc1ccc(O)c(O)c1)(NN)C(=O)OCc1cccc(F)c1. The molecule has 0 aliphatic carbocycles. The zero-order chi connectivity index (χ0) is 17.7. The summed E-state index contributed by atoms with van der Waals surface area (Å²) < 4.78 is 18.3. The van der Waals surface area contributed by atoms with E-state index in [9.17, 15) is 19.4 Å². The van der Waals surface area contributed by atoms with Gasteiger partial charge in [-0.2, -0.15) is 0 Å². The Bertz CT molecular complexity index is 738. The highest BCUT2D eigenvalue weighted by molar-refractivity contribution is 5.80. The molecule has 0 bridgehead atoms. The summed E-state index contributed by atoms with van der Waals surface area (Å²) in [5.74, 6) is 3.91. The molecule has 5 N–H and O–H groups in total. The maximum Gasteiger partial charge on any atom is 0.328 e. The number of nitrogens with one attached hydrogen (secondary N) is 1. The minimum atomic E-state index is -1.25. The molecule has 0 heterocycles. The van der Waals surface area contributed by atoms with Crippen LogP contribution in [-0.4, -0.2) is 21.7 Å². The Morgan fingerprint density at radius 3 is 2.58 bits per heavy atom. The highest BCUT2D eigenvalue weighted by Gasteiger charge is 2.34. The zero-order valence-electron chi connectivity index (χ0n) is 13.1. The van der Waals surface area contributed by atoms with Gasteiger partial charge in [0.2, 0.25) is 0 Å². The van der Waals surface area contributed by atoms with Gasteiger partial charge >= 0.3 is 5.97 Å². The summed E-state index contributed by atoms with van der Waals surface area (Å²) in [7, 11) is 0. The number of ether oxygens (including phenoxy) is 1. The van der Waals surface area contributed by atoms with Crippen LogP contribution in [0.3, 0.4) is 0 Å². The van der Waals surface area contributed by atoms with Crippen LogP contribution < -0.4 is 11.3 Å². The van der Waals surface area contributed by atoms with Crippen LogP contribution in [0.1, 0.15) is 18.1 Å². The quantitative estimate of drug-likeness (QED) is 0.278. The van der Waals surface area contributed by atoms with Gasteiger partial charge in [-0.1, -0.05) is 18.2 Å². The number of phenols is 2. The maximum atomic E-state index is 13.1. The molecule has 7 heteroatoms. The van der Waals surface area contributed by atoms with E-state index in [0.717, 1.165) is 0 Å². The maximum absolute atomic E-state index is 13.1. The van der Waals surface area contributed by atoms with Gasteiger partial charge in [0, 0.05) is 6.42 Å². The Morgan fingerprint density at radius 1 is 1.21 bits per heavy atom. The van der Waals surface area contributed by atoms with Crippen molar-refractivity contribution in [1.29, 1.82) is 0 Å². The molecule has 0 saturated carbocycles. The van der Waals surface area contributed by atoms with Crippen molar-refractivity contribution in [2.75, 3.05) is 0 Å². The molecule has 128 valence electrons. The third kappa shape index (κ3) is 4.21. The number of halogens is 1. The lowest BCUT2D eigenvalue weighted by molar-refractivity contribution is -0.152. The average molecular weight is 334 g/mol. The first-order valence-electron chi connectivity index (χ1n) is 7.24. The number of carbonyl (C=O) groups excluding carboxylic acids is 1. The van der Waals surface area contributed by atoms with E-state index in [2.05, 4.69) is 5.43 Å². The number of esters is 1. The van der Waals surface area contributed by atoms with E-state index in [4.69, 9.17) is 10.6 Å². The Morgan fingerprint density at radius 2 is 1.96 bits per heavy atom. The molecule has 0 aliphatic heterocycles. The van der Waals surface area contributed by atoms with E-state index in [1.807, 2.05) is 0 Å². The molecule has 1 atom stereocenters. The van der Waals surface area contributed by atoms with Gasteiger partial charge < -0.3 is 14.9 Å². The summed E-state index contributed by atoms with van der Waals surface area (Å²) in [6.07, 6.45) is 0.124. The first-order chi connectivity index (χ1) is 11.3. The molecule has 6 nitrogen and oxygen atoms in total. The normalized spacial score (nSPS) is 13.3. The number of rotatable bonds is 6. The van der Waals surface area contributed by atoms with Gasteiger partial charge in [0.15, 0.2) is 11.5 Å². The number of hydrogen-bond acceptors (Lipinski definition) is 6. The lowest BCUT2D eigenvalue weighted by atomic mass is 9.93. The fourth-order valence-electron chi connectivity index (χ4n) is 2.20. The fourth-order valence-corrected chi connectivity index (χ4v) is 2.20. The third-order valence-corrected chi connectivity index (χ3v) is 3.63. The summed E-state index contributed by atoms with van der Waals surface area (Å²) in [5, 5.41) is 18.9. The van der Waals surface area contributed by atoms with Gasteiger partial charge in [0.05, 0.1) is 0 Å². The van der Waals surface area contributed by atoms with Crippen molar-refractivity contribution >= 4 is 5.97 Å². The van der Waals surface area contributed by atoms with Crippen molar-refractivity contribution in [3.8, 4) is 11.5 Å². The second-order valence-electron chi connectivity index (χ2n) is 5.68. The smallest absolute Gasteiger partial charge is 0.328 e. The van der Waals surface area contributed by atoms with Crippen molar-refractivity contribution in [2.45, 2.75) is 25.5 Å². The molecule has 0 aromatic heterocycles. The summed E-state index contributed by atoms with van der Waals surface area (Å²) >= 11 is 0. The second kappa shape index (κ2) is 7.29. The highest BCUT2D eigenvalue weighted by Crippen LogP contribution is 2.27. The summed E-state index contributed by atoms with van der Waals surface area (Å²) in [5.41, 5.74) is 2.26. The molecule has 0 spiro atoms. The molecular formula is C17H19FN2O4. The van der Waals surface area contributed by atoms with Gasteiger partial charge in [-0.05, 0) is 42.3 Å². The van der Waals surface area contributed by atoms with Crippen LogP contribution in [0.25, 0.3) is 0 Å². The molecule has 24 heavy (non-hydrogen) atoms. The first kappa shape index (κ1) is 17.7. The minimum Gasteiger partial charge on any atom is -0.504 e. The molecule has 0 fully saturated rings. The standard InChI is InChI=1S/C17H19FN2O4/c1-17(20-19,9-11-5-6-14(21)15(22)8-11)16(23)24-10-12-3-2-4-13(18)7-12/h2-8,20-22H,9-10,19H2,1H3. The van der Waals surface area contributed by atoms with Gasteiger partial charge in [0.25, 0.3) is 0 Å². The largest absolute Gasteiger partial charge is 0.504 e. The highest BCUT2D eigenvalue weighted by atomic mass is 19.1. The van der Waals surface area contributed by atoms with Gasteiger partial charge in [0.1, 0.15) is 18.0 Å². The Balaban J connectivity index is 2.07. The molecule has 2 aromatic rings. The lowest BCUT2D eigenvalue weighted by Crippen LogP contribution is -2.55. The number of aromatic hydroxyl groups is 2. The van der Waals surface area contributed by atoms with Crippen LogP contribution in [0.2, 0.25) is 0 Å². The first-order valence-corrected chi connectivity index (χ1v) is 7.24. The van der Waals surface area contributed by atoms with Gasteiger partial charge in [-0.25, -0.2) is 14.6 Å². The number of hydrazine groups is 1. The zero-order valence-corrected chi connectivity index (χ0v) is 13.1. The van der Waals surface area contributed by atoms with Crippen LogP contribution in [-0.2, 0) is 22.6 Å². The van der Waals surface area contributed by atoms with Crippen LogP contribution in [0.15, 0.2) is 42.5 Å². The summed E-state index contributed by atoms with van der Waals surface area (Å²) in [6, 6.07) is 9.96. The number of phenolic OH excluding ortho intramolecular Hbond substituents is 2. The molecule has 0 saturated heterocycles. The number of hydrogen-bond donors (Lipinski definition) is 4. The topological polar surface area (TPSA) is 105 Å². The van der Waals surface area contributed by atoms with E-state index in [-0.39, 0.29) is 24.5 Å². The fraction of sp³-hybridized carbons (Fsp3) is 0.235. The third-order valence-electron chi connectivity index (χ3n) is 3.63. The number of benzene rings is 2. The van der Waals surface area contributed by atoms with Crippen LogP contribution in [0.5, 0.6) is 11.5 Å². The van der Waals surface area contributed by atoms with E-state index >= 15 is 0 Å². The van der Waals surface area contributed by atoms with Gasteiger partial charge in [-0.3, -0.25) is 5.84 Å². The Labute approximate surface area is 138 Å². The van der Waals surface area contributed by atoms with Crippen molar-refractivity contribution in [2.24, 2.45) is 5.84 Å². The monoisotopic (exact) mass is 334 g/mol. The van der Waals surface area contributed by atoms with E-state index < -0.39 is 17.3 Å². The van der Waals surface area contributed by atoms with Crippen molar-refractivity contribution in [3.63, 3.8) is 0 Å². The number of nitrogens with two attached hydrogens (primary N) is 1. The summed E-state index contributed by atoms with van der Waals surface area (Å²) in [4.78, 5) is 12.3. The number of carbonyl (C=O) groups is 1. The van der Waals surface area contributed by atoms with Gasteiger partial charge in [-0.15, -0.1) is 0 Å². The predicted octanol–water partition coefficient (Wildman–Crippen LogP) is 1.74. The second-order valence-corrected chi connectivity index (χ2v) is 5.68. The lowest BCUT2D eigenvalue weighted by Gasteiger charge is -2.26. The van der Waals surface area contributed by atoms with Crippen LogP contribution in [0, 0.1) is 5.82 Å². The average Bonchev–Trinajstić information content (AvgIpc) is 2.56. The van der Waals surface area contributed by atoms with E-state index in [1.165, 1.54) is 30.3 Å². The molecule has 1 unspecified atom stereocenters. The molecular weight excluding hydrogens is 315 g/mol. The molecule has 2 aromatic carbocycles. The van der Waals surface area contributed by atoms with Crippen molar-refractivity contribution in [3.05, 3.63) is 59.4 Å².